The highest BCUT2D eigenvalue weighted by Gasteiger charge is 2.30. The summed E-state index contributed by atoms with van der Waals surface area (Å²) < 4.78 is 5.96. The number of ether oxygens (including phenoxy) is 1. The first kappa shape index (κ1) is 24.0. The molecule has 2 aliphatic rings. The van der Waals surface area contributed by atoms with E-state index in [2.05, 4.69) is 33.5 Å². The molecule has 2 aliphatic heterocycles. The van der Waals surface area contributed by atoms with E-state index in [1.165, 1.54) is 4.80 Å². The standard InChI is InChI=1S/C27H32N6O3/c1-17-8-9-23(18(2)14-17)33-29-19(3)25(30-33)26(34)28-20-15-22-21(6-5-7-24(22)36-16-20)27(35)32-12-10-31(4)11-13-32/h5-9,14,20H,10-13,15-16H2,1-4H3,(H,28,34)/t20-/m0/s1. The van der Waals surface area contributed by atoms with Gasteiger partial charge in [0.15, 0.2) is 5.69 Å². The summed E-state index contributed by atoms with van der Waals surface area (Å²) in [5, 5.41) is 12.0. The van der Waals surface area contributed by atoms with Crippen LogP contribution in [0.4, 0.5) is 0 Å². The summed E-state index contributed by atoms with van der Waals surface area (Å²) in [7, 11) is 2.07. The molecule has 0 bridgehead atoms. The zero-order valence-electron chi connectivity index (χ0n) is 21.2. The van der Waals surface area contributed by atoms with Gasteiger partial charge in [0.25, 0.3) is 11.8 Å². The maximum atomic E-state index is 13.3. The van der Waals surface area contributed by atoms with Crippen molar-refractivity contribution < 1.29 is 14.3 Å². The molecule has 0 saturated carbocycles. The molecule has 1 atom stereocenters. The van der Waals surface area contributed by atoms with E-state index in [-0.39, 0.29) is 23.6 Å². The Morgan fingerprint density at radius 2 is 1.81 bits per heavy atom. The normalized spacial score (nSPS) is 17.9. The molecule has 0 radical (unpaired) electrons. The lowest BCUT2D eigenvalue weighted by atomic mass is 9.96. The Morgan fingerprint density at radius 1 is 1.03 bits per heavy atom. The molecular formula is C27H32N6O3. The molecule has 9 nitrogen and oxygen atoms in total. The summed E-state index contributed by atoms with van der Waals surface area (Å²) in [6.45, 7) is 9.27. The summed E-state index contributed by atoms with van der Waals surface area (Å²) in [6.07, 6.45) is 0.515. The van der Waals surface area contributed by atoms with Crippen LogP contribution in [0.15, 0.2) is 36.4 Å². The summed E-state index contributed by atoms with van der Waals surface area (Å²) in [4.78, 5) is 32.1. The monoisotopic (exact) mass is 488 g/mol. The molecule has 1 N–H and O–H groups in total. The van der Waals surface area contributed by atoms with Gasteiger partial charge < -0.3 is 19.9 Å². The van der Waals surface area contributed by atoms with Crippen LogP contribution in [-0.4, -0.2) is 82.5 Å². The van der Waals surface area contributed by atoms with E-state index in [0.29, 0.717) is 43.1 Å². The van der Waals surface area contributed by atoms with Crippen molar-refractivity contribution in [2.45, 2.75) is 33.2 Å². The van der Waals surface area contributed by atoms with Gasteiger partial charge in [-0.3, -0.25) is 9.59 Å². The number of hydrogen-bond acceptors (Lipinski definition) is 6. The van der Waals surface area contributed by atoms with E-state index in [1.54, 1.807) is 6.92 Å². The highest BCUT2D eigenvalue weighted by atomic mass is 16.5. The fraction of sp³-hybridized carbons (Fsp3) is 0.407. The number of nitrogens with one attached hydrogen (secondary N) is 1. The number of carbonyl (C=O) groups excluding carboxylic acids is 2. The summed E-state index contributed by atoms with van der Waals surface area (Å²) in [5.74, 6) is 0.420. The Hall–Kier alpha value is -3.72. The highest BCUT2D eigenvalue weighted by Crippen LogP contribution is 2.29. The van der Waals surface area contributed by atoms with Crippen molar-refractivity contribution in [1.29, 1.82) is 0 Å². The van der Waals surface area contributed by atoms with E-state index >= 15 is 0 Å². The Bertz CT molecular complexity index is 1310. The van der Waals surface area contributed by atoms with E-state index in [9.17, 15) is 9.59 Å². The molecule has 3 heterocycles. The van der Waals surface area contributed by atoms with Crippen LogP contribution in [0, 0.1) is 20.8 Å². The lowest BCUT2D eigenvalue weighted by Gasteiger charge is -2.34. The predicted octanol–water partition coefficient (Wildman–Crippen LogP) is 2.31. The molecule has 188 valence electrons. The highest BCUT2D eigenvalue weighted by molar-refractivity contribution is 5.97. The number of likely N-dealkylation sites (N-methyl/N-ethyl adjacent to an activating group) is 1. The molecule has 1 aromatic heterocycles. The van der Waals surface area contributed by atoms with Crippen LogP contribution in [0.3, 0.4) is 0 Å². The lowest BCUT2D eigenvalue weighted by molar-refractivity contribution is 0.0661. The first-order chi connectivity index (χ1) is 17.3. The Morgan fingerprint density at radius 3 is 2.56 bits per heavy atom. The zero-order valence-corrected chi connectivity index (χ0v) is 21.2. The second-order valence-electron chi connectivity index (χ2n) is 9.78. The molecule has 9 heteroatoms. The number of amides is 2. The number of rotatable bonds is 4. The number of hydrogen-bond donors (Lipinski definition) is 1. The van der Waals surface area contributed by atoms with Gasteiger partial charge in [0, 0.05) is 43.7 Å². The third-order valence-corrected chi connectivity index (χ3v) is 6.94. The van der Waals surface area contributed by atoms with Crippen LogP contribution < -0.4 is 10.1 Å². The van der Waals surface area contributed by atoms with Crippen molar-refractivity contribution in [3.63, 3.8) is 0 Å². The van der Waals surface area contributed by atoms with E-state index in [0.717, 1.165) is 35.5 Å². The average molecular weight is 489 g/mol. The molecular weight excluding hydrogens is 456 g/mol. The average Bonchev–Trinajstić information content (AvgIpc) is 3.25. The van der Waals surface area contributed by atoms with Crippen LogP contribution in [-0.2, 0) is 6.42 Å². The topological polar surface area (TPSA) is 92.6 Å². The largest absolute Gasteiger partial charge is 0.491 e. The first-order valence-corrected chi connectivity index (χ1v) is 12.3. The van der Waals surface area contributed by atoms with Crippen molar-refractivity contribution in [3.8, 4) is 11.4 Å². The second kappa shape index (κ2) is 9.73. The third kappa shape index (κ3) is 4.70. The van der Waals surface area contributed by atoms with Gasteiger partial charge >= 0.3 is 0 Å². The van der Waals surface area contributed by atoms with Gasteiger partial charge in [-0.15, -0.1) is 5.10 Å². The van der Waals surface area contributed by atoms with E-state index < -0.39 is 0 Å². The number of benzene rings is 2. The Kier molecular flexibility index (Phi) is 6.49. The molecule has 2 aromatic carbocycles. The minimum Gasteiger partial charge on any atom is -0.491 e. The predicted molar refractivity (Wildman–Crippen MR) is 136 cm³/mol. The number of carbonyl (C=O) groups is 2. The maximum absolute atomic E-state index is 13.3. The molecule has 5 rings (SSSR count). The number of nitrogens with zero attached hydrogens (tertiary/aromatic N) is 5. The van der Waals surface area contributed by atoms with E-state index in [4.69, 9.17) is 4.74 Å². The third-order valence-electron chi connectivity index (χ3n) is 6.94. The van der Waals surface area contributed by atoms with Gasteiger partial charge in [-0.2, -0.15) is 9.90 Å². The maximum Gasteiger partial charge on any atom is 0.274 e. The Balaban J connectivity index is 1.32. The van der Waals surface area contributed by atoms with Crippen LogP contribution in [0.2, 0.25) is 0 Å². The molecule has 0 spiro atoms. The number of piperazine rings is 1. The van der Waals surface area contributed by atoms with E-state index in [1.807, 2.05) is 49.1 Å². The van der Waals surface area contributed by atoms with Gasteiger partial charge in [0.05, 0.1) is 17.4 Å². The van der Waals surface area contributed by atoms with Crippen LogP contribution in [0.5, 0.6) is 5.75 Å². The zero-order chi connectivity index (χ0) is 25.4. The van der Waals surface area contributed by atoms with Gasteiger partial charge in [-0.05, 0) is 51.6 Å². The summed E-state index contributed by atoms with van der Waals surface area (Å²) in [5.41, 5.74) is 5.34. The second-order valence-corrected chi connectivity index (χ2v) is 9.78. The van der Waals surface area contributed by atoms with Gasteiger partial charge in [-0.1, -0.05) is 23.8 Å². The van der Waals surface area contributed by atoms with Crippen molar-refractivity contribution in [3.05, 3.63) is 70.0 Å². The first-order valence-electron chi connectivity index (χ1n) is 12.3. The molecule has 0 unspecified atom stereocenters. The van der Waals surface area contributed by atoms with Crippen molar-refractivity contribution >= 4 is 11.8 Å². The molecule has 2 amide bonds. The molecule has 36 heavy (non-hydrogen) atoms. The SMILES string of the molecule is Cc1ccc(-n2nc(C)c(C(=O)N[C@@H]3COc4cccc(C(=O)N5CCN(C)CC5)c4C3)n2)c(C)c1. The minimum absolute atomic E-state index is 0.0165. The van der Waals surface area contributed by atoms with Crippen molar-refractivity contribution in [2.24, 2.45) is 0 Å². The molecule has 3 aromatic rings. The molecule has 1 fully saturated rings. The fourth-order valence-electron chi connectivity index (χ4n) is 4.86. The minimum atomic E-state index is -0.302. The van der Waals surface area contributed by atoms with Gasteiger partial charge in [0.2, 0.25) is 0 Å². The van der Waals surface area contributed by atoms with Gasteiger partial charge in [0.1, 0.15) is 12.4 Å². The molecule has 0 aliphatic carbocycles. The lowest BCUT2D eigenvalue weighted by Crippen LogP contribution is -2.48. The Labute approximate surface area is 211 Å². The number of aryl methyl sites for hydroxylation is 3. The molecule has 1 saturated heterocycles. The fourth-order valence-corrected chi connectivity index (χ4v) is 4.86. The smallest absolute Gasteiger partial charge is 0.274 e. The summed E-state index contributed by atoms with van der Waals surface area (Å²) in [6, 6.07) is 11.3. The van der Waals surface area contributed by atoms with Gasteiger partial charge in [-0.25, -0.2) is 0 Å². The van der Waals surface area contributed by atoms with Crippen LogP contribution in [0.1, 0.15) is 43.2 Å². The quantitative estimate of drug-likeness (QED) is 0.606. The number of aromatic nitrogens is 3. The van der Waals surface area contributed by atoms with Crippen LogP contribution in [0.25, 0.3) is 5.69 Å². The van der Waals surface area contributed by atoms with Crippen molar-refractivity contribution in [1.82, 2.24) is 30.1 Å². The summed E-state index contributed by atoms with van der Waals surface area (Å²) >= 11 is 0. The van der Waals surface area contributed by atoms with Crippen molar-refractivity contribution in [2.75, 3.05) is 39.8 Å². The number of fused-ring (bicyclic) bond motifs is 1. The van der Waals surface area contributed by atoms with Crippen LogP contribution >= 0.6 is 0 Å².